The molecule has 1 aliphatic carbocycles. The lowest BCUT2D eigenvalue weighted by molar-refractivity contribution is 0.306. The molecule has 0 amide bonds. The molecule has 7 heteroatoms. The smallest absolute Gasteiger partial charge is 0.249 e. The van der Waals surface area contributed by atoms with E-state index in [4.69, 9.17) is 16.3 Å². The number of aromatic nitrogens is 3. The second-order valence-electron chi connectivity index (χ2n) is 6.15. The molecule has 0 saturated heterocycles. The summed E-state index contributed by atoms with van der Waals surface area (Å²) >= 11 is 5.88. The van der Waals surface area contributed by atoms with Crippen molar-refractivity contribution in [1.82, 2.24) is 15.2 Å². The number of hydrogen-bond acceptors (Lipinski definition) is 6. The van der Waals surface area contributed by atoms with Crippen LogP contribution in [0.3, 0.4) is 0 Å². The summed E-state index contributed by atoms with van der Waals surface area (Å²) in [7, 11) is 0. The van der Waals surface area contributed by atoms with Gasteiger partial charge < -0.3 is 15.4 Å². The third kappa shape index (κ3) is 4.61. The lowest BCUT2D eigenvalue weighted by Gasteiger charge is -2.09. The van der Waals surface area contributed by atoms with Crippen LogP contribution >= 0.6 is 11.6 Å². The van der Waals surface area contributed by atoms with Gasteiger partial charge in [0.05, 0.1) is 6.20 Å². The van der Waals surface area contributed by atoms with Gasteiger partial charge in [-0.1, -0.05) is 23.7 Å². The van der Waals surface area contributed by atoms with E-state index in [1.54, 1.807) is 6.20 Å². The van der Waals surface area contributed by atoms with Crippen LogP contribution in [0.2, 0.25) is 5.02 Å². The van der Waals surface area contributed by atoms with Crippen molar-refractivity contribution in [2.75, 3.05) is 10.6 Å². The third-order valence-electron chi connectivity index (χ3n) is 3.92. The summed E-state index contributed by atoms with van der Waals surface area (Å²) in [5.41, 5.74) is 1.94. The predicted molar refractivity (Wildman–Crippen MR) is 102 cm³/mol. The van der Waals surface area contributed by atoms with Gasteiger partial charge in [0, 0.05) is 16.8 Å². The Labute approximate surface area is 156 Å². The molecule has 2 aromatic carbocycles. The predicted octanol–water partition coefficient (Wildman–Crippen LogP) is 4.42. The van der Waals surface area contributed by atoms with Crippen LogP contribution in [0.25, 0.3) is 0 Å². The molecule has 0 aliphatic heterocycles. The van der Waals surface area contributed by atoms with Crippen molar-refractivity contribution in [2.24, 2.45) is 0 Å². The first-order valence-electron chi connectivity index (χ1n) is 8.45. The molecular weight excluding hydrogens is 350 g/mol. The molecule has 132 valence electrons. The molecule has 1 heterocycles. The van der Waals surface area contributed by atoms with Crippen LogP contribution in [0.5, 0.6) is 5.75 Å². The maximum Gasteiger partial charge on any atom is 0.249 e. The molecule has 26 heavy (non-hydrogen) atoms. The number of hydrogen-bond donors (Lipinski definition) is 2. The molecular formula is C19H18ClN5O. The first-order valence-corrected chi connectivity index (χ1v) is 8.83. The Bertz CT molecular complexity index is 866. The zero-order valence-electron chi connectivity index (χ0n) is 14.0. The van der Waals surface area contributed by atoms with Crippen molar-refractivity contribution >= 4 is 29.1 Å². The number of nitrogens with one attached hydrogen (secondary N) is 2. The van der Waals surface area contributed by atoms with Crippen molar-refractivity contribution in [3.05, 3.63) is 65.3 Å². The maximum atomic E-state index is 5.88. The molecule has 0 atom stereocenters. The summed E-state index contributed by atoms with van der Waals surface area (Å²) in [4.78, 5) is 4.42. The minimum absolute atomic E-state index is 0.463. The van der Waals surface area contributed by atoms with Gasteiger partial charge in [0.25, 0.3) is 0 Å². The van der Waals surface area contributed by atoms with Crippen LogP contribution < -0.4 is 15.4 Å². The number of nitrogens with zero attached hydrogens (tertiary/aromatic N) is 3. The monoisotopic (exact) mass is 367 g/mol. The first-order chi connectivity index (χ1) is 12.7. The third-order valence-corrected chi connectivity index (χ3v) is 4.17. The molecule has 1 fully saturated rings. The number of halogens is 1. The quantitative estimate of drug-likeness (QED) is 0.644. The van der Waals surface area contributed by atoms with Crippen LogP contribution in [0.15, 0.2) is 54.7 Å². The molecule has 0 spiro atoms. The molecule has 1 aliphatic rings. The summed E-state index contributed by atoms with van der Waals surface area (Å²) in [6.45, 7) is 0.492. The number of benzene rings is 2. The topological polar surface area (TPSA) is 72.0 Å². The summed E-state index contributed by atoms with van der Waals surface area (Å²) in [6.07, 6.45) is 4.01. The first kappa shape index (κ1) is 16.6. The molecule has 1 aromatic heterocycles. The zero-order valence-corrected chi connectivity index (χ0v) is 14.8. The average molecular weight is 368 g/mol. The largest absolute Gasteiger partial charge is 0.489 e. The standard InChI is InChI=1S/C19H18ClN5O/c20-14-3-1-13(2-4-14)12-26-17-9-7-16(8-10-17)23-19-24-18(11-21-25-19)22-15-5-6-15/h1-4,7-11,15H,5-6,12H2,(H2,22,23,24,25). The molecule has 2 N–H and O–H groups in total. The lowest BCUT2D eigenvalue weighted by atomic mass is 10.2. The van der Waals surface area contributed by atoms with Gasteiger partial charge in [-0.05, 0) is 54.8 Å². The number of anilines is 3. The lowest BCUT2D eigenvalue weighted by Crippen LogP contribution is -2.06. The van der Waals surface area contributed by atoms with Crippen molar-refractivity contribution in [2.45, 2.75) is 25.5 Å². The fraction of sp³-hybridized carbons (Fsp3) is 0.211. The van der Waals surface area contributed by atoms with Crippen molar-refractivity contribution in [1.29, 1.82) is 0 Å². The highest BCUT2D eigenvalue weighted by atomic mass is 35.5. The van der Waals surface area contributed by atoms with Crippen molar-refractivity contribution in [3.63, 3.8) is 0 Å². The molecule has 0 bridgehead atoms. The Morgan fingerprint density at radius 3 is 2.54 bits per heavy atom. The zero-order chi connectivity index (χ0) is 17.8. The van der Waals surface area contributed by atoms with Crippen molar-refractivity contribution < 1.29 is 4.74 Å². The summed E-state index contributed by atoms with van der Waals surface area (Å²) in [6, 6.07) is 15.8. The van der Waals surface area contributed by atoms with E-state index in [0.29, 0.717) is 18.6 Å². The van der Waals surface area contributed by atoms with Gasteiger partial charge in [0.2, 0.25) is 5.95 Å². The number of rotatable bonds is 7. The minimum atomic E-state index is 0.463. The fourth-order valence-electron chi connectivity index (χ4n) is 2.37. The van der Waals surface area contributed by atoms with E-state index in [0.717, 1.165) is 27.8 Å². The van der Waals surface area contributed by atoms with Gasteiger partial charge in [0.15, 0.2) is 5.82 Å². The minimum Gasteiger partial charge on any atom is -0.489 e. The maximum absolute atomic E-state index is 5.88. The molecule has 3 aromatic rings. The Morgan fingerprint density at radius 2 is 1.81 bits per heavy atom. The summed E-state index contributed by atoms with van der Waals surface area (Å²) in [5.74, 6) is 1.99. The highest BCUT2D eigenvalue weighted by Crippen LogP contribution is 2.24. The van der Waals surface area contributed by atoms with Gasteiger partial charge >= 0.3 is 0 Å². The van der Waals surface area contributed by atoms with E-state index in [1.165, 1.54) is 12.8 Å². The van der Waals surface area contributed by atoms with E-state index in [-0.39, 0.29) is 0 Å². The summed E-state index contributed by atoms with van der Waals surface area (Å²) in [5, 5.41) is 15.2. The molecule has 0 unspecified atom stereocenters. The Morgan fingerprint density at radius 1 is 1.04 bits per heavy atom. The molecule has 6 nitrogen and oxygen atoms in total. The Hall–Kier alpha value is -2.86. The molecule has 0 radical (unpaired) electrons. The normalized spacial score (nSPS) is 13.3. The summed E-state index contributed by atoms with van der Waals surface area (Å²) < 4.78 is 5.78. The SMILES string of the molecule is Clc1ccc(COc2ccc(Nc3nncc(NC4CC4)n3)cc2)cc1. The van der Waals surface area contributed by atoms with Crippen molar-refractivity contribution in [3.8, 4) is 5.75 Å². The molecule has 1 saturated carbocycles. The van der Waals surface area contributed by atoms with Crippen LogP contribution in [0, 0.1) is 0 Å². The molecule has 4 rings (SSSR count). The van der Waals surface area contributed by atoms with Gasteiger partial charge in [-0.2, -0.15) is 10.1 Å². The van der Waals surface area contributed by atoms with Gasteiger partial charge in [0.1, 0.15) is 12.4 Å². The Kier molecular flexibility index (Phi) is 4.84. The van der Waals surface area contributed by atoms with Gasteiger partial charge in [-0.3, -0.25) is 0 Å². The van der Waals surface area contributed by atoms with Gasteiger partial charge in [-0.25, -0.2) is 0 Å². The van der Waals surface area contributed by atoms with Crippen LogP contribution in [-0.4, -0.2) is 21.2 Å². The van der Waals surface area contributed by atoms with E-state index >= 15 is 0 Å². The second-order valence-corrected chi connectivity index (χ2v) is 6.58. The van der Waals surface area contributed by atoms with Crippen LogP contribution in [-0.2, 0) is 6.61 Å². The van der Waals surface area contributed by atoms with Crippen LogP contribution in [0.1, 0.15) is 18.4 Å². The highest BCUT2D eigenvalue weighted by molar-refractivity contribution is 6.30. The highest BCUT2D eigenvalue weighted by Gasteiger charge is 2.21. The second kappa shape index (κ2) is 7.58. The van der Waals surface area contributed by atoms with Gasteiger partial charge in [-0.15, -0.1) is 5.10 Å². The van der Waals surface area contributed by atoms with E-state index < -0.39 is 0 Å². The average Bonchev–Trinajstić information content (AvgIpc) is 3.47. The van der Waals surface area contributed by atoms with E-state index in [2.05, 4.69) is 25.8 Å². The van der Waals surface area contributed by atoms with Crippen LogP contribution in [0.4, 0.5) is 17.5 Å². The fourth-order valence-corrected chi connectivity index (χ4v) is 2.50. The number of ether oxygens (including phenoxy) is 1. The van der Waals surface area contributed by atoms with E-state index in [1.807, 2.05) is 48.5 Å². The Balaban J connectivity index is 1.34. The van der Waals surface area contributed by atoms with E-state index in [9.17, 15) is 0 Å².